The first-order valence-electron chi connectivity index (χ1n) is 5.49. The molecule has 0 N–H and O–H groups in total. The summed E-state index contributed by atoms with van der Waals surface area (Å²) in [5, 5.41) is 0. The smallest absolute Gasteiger partial charge is 0.170 e. The van der Waals surface area contributed by atoms with E-state index in [0.29, 0.717) is 12.6 Å². The van der Waals surface area contributed by atoms with Crippen molar-refractivity contribution in [3.8, 4) is 5.75 Å². The SMILES string of the molecule is CCN(CC)C1COOc2ccccc21. The molecule has 0 aromatic heterocycles. The van der Waals surface area contributed by atoms with Crippen LogP contribution in [0.15, 0.2) is 24.3 Å². The van der Waals surface area contributed by atoms with Gasteiger partial charge < -0.3 is 4.89 Å². The Labute approximate surface area is 90.5 Å². The molecule has 0 radical (unpaired) electrons. The molecule has 1 aromatic rings. The Kier molecular flexibility index (Phi) is 3.23. The molecule has 2 rings (SSSR count). The zero-order valence-corrected chi connectivity index (χ0v) is 9.27. The van der Waals surface area contributed by atoms with Crippen molar-refractivity contribution >= 4 is 0 Å². The van der Waals surface area contributed by atoms with Crippen molar-refractivity contribution in [2.75, 3.05) is 19.7 Å². The lowest BCUT2D eigenvalue weighted by atomic mass is 10.0. The number of hydrogen-bond acceptors (Lipinski definition) is 3. The predicted molar refractivity (Wildman–Crippen MR) is 58.7 cm³/mol. The standard InChI is InChI=1S/C12H17NO2/c1-3-13(4-2)11-9-14-15-12-8-6-5-7-10(11)12/h5-8,11H,3-4,9H2,1-2H3. The summed E-state index contributed by atoms with van der Waals surface area (Å²) in [6, 6.07) is 8.40. The molecule has 0 aliphatic carbocycles. The lowest BCUT2D eigenvalue weighted by Gasteiger charge is -2.33. The summed E-state index contributed by atoms with van der Waals surface area (Å²) < 4.78 is 0. The molecular weight excluding hydrogens is 190 g/mol. The molecule has 82 valence electrons. The van der Waals surface area contributed by atoms with Gasteiger partial charge in [-0.15, -0.1) is 0 Å². The Morgan fingerprint density at radius 1 is 1.27 bits per heavy atom. The van der Waals surface area contributed by atoms with E-state index in [1.165, 1.54) is 5.56 Å². The van der Waals surface area contributed by atoms with Gasteiger partial charge in [-0.1, -0.05) is 32.0 Å². The third-order valence-electron chi connectivity index (χ3n) is 2.91. The minimum atomic E-state index is 0.324. The Morgan fingerprint density at radius 3 is 2.73 bits per heavy atom. The zero-order chi connectivity index (χ0) is 10.7. The number of benzene rings is 1. The summed E-state index contributed by atoms with van der Waals surface area (Å²) in [5.41, 5.74) is 1.23. The fraction of sp³-hybridized carbons (Fsp3) is 0.500. The van der Waals surface area contributed by atoms with Crippen molar-refractivity contribution in [2.45, 2.75) is 19.9 Å². The number of para-hydroxylation sites is 1. The second-order valence-corrected chi connectivity index (χ2v) is 3.64. The summed E-state index contributed by atoms with van der Waals surface area (Å²) in [6.07, 6.45) is 0. The molecule has 0 saturated carbocycles. The Bertz CT molecular complexity index is 323. The Hall–Kier alpha value is -1.06. The van der Waals surface area contributed by atoms with Crippen LogP contribution in [-0.4, -0.2) is 24.6 Å². The summed E-state index contributed by atoms with van der Waals surface area (Å²) in [6.45, 7) is 7.00. The molecule has 0 bridgehead atoms. The van der Waals surface area contributed by atoms with Crippen LogP contribution >= 0.6 is 0 Å². The van der Waals surface area contributed by atoms with Crippen LogP contribution in [0.25, 0.3) is 0 Å². The summed E-state index contributed by atoms with van der Waals surface area (Å²) in [4.78, 5) is 12.7. The van der Waals surface area contributed by atoms with Gasteiger partial charge in [-0.3, -0.25) is 4.90 Å². The van der Waals surface area contributed by atoms with Crippen molar-refractivity contribution in [2.24, 2.45) is 0 Å². The van der Waals surface area contributed by atoms with E-state index in [9.17, 15) is 0 Å². The van der Waals surface area contributed by atoms with Gasteiger partial charge in [-0.2, -0.15) is 4.89 Å². The quantitative estimate of drug-likeness (QED) is 0.710. The van der Waals surface area contributed by atoms with E-state index in [2.05, 4.69) is 24.8 Å². The van der Waals surface area contributed by atoms with Crippen molar-refractivity contribution < 1.29 is 9.78 Å². The fourth-order valence-electron chi connectivity index (χ4n) is 2.05. The minimum absolute atomic E-state index is 0.324. The Balaban J connectivity index is 2.28. The molecule has 0 amide bonds. The normalized spacial score (nSPS) is 19.8. The lowest BCUT2D eigenvalue weighted by molar-refractivity contribution is -0.231. The van der Waals surface area contributed by atoms with Crippen LogP contribution in [0.5, 0.6) is 5.75 Å². The molecule has 15 heavy (non-hydrogen) atoms. The van der Waals surface area contributed by atoms with Gasteiger partial charge in [0.05, 0.1) is 6.04 Å². The molecule has 1 aliphatic rings. The molecule has 3 nitrogen and oxygen atoms in total. The van der Waals surface area contributed by atoms with E-state index in [0.717, 1.165) is 18.8 Å². The van der Waals surface area contributed by atoms with Crippen molar-refractivity contribution in [3.05, 3.63) is 29.8 Å². The van der Waals surface area contributed by atoms with Gasteiger partial charge in [0, 0.05) is 5.56 Å². The van der Waals surface area contributed by atoms with Crippen LogP contribution in [0, 0.1) is 0 Å². The van der Waals surface area contributed by atoms with Crippen molar-refractivity contribution in [3.63, 3.8) is 0 Å². The first-order chi connectivity index (χ1) is 7.36. The number of nitrogens with zero attached hydrogens (tertiary/aromatic N) is 1. The minimum Gasteiger partial charge on any atom is -0.337 e. The molecule has 0 saturated heterocycles. The molecule has 1 unspecified atom stereocenters. The summed E-state index contributed by atoms with van der Waals surface area (Å²) >= 11 is 0. The number of hydrogen-bond donors (Lipinski definition) is 0. The van der Waals surface area contributed by atoms with Crippen LogP contribution in [0.3, 0.4) is 0 Å². The fourth-order valence-corrected chi connectivity index (χ4v) is 2.05. The van der Waals surface area contributed by atoms with Crippen molar-refractivity contribution in [1.29, 1.82) is 0 Å². The molecule has 0 spiro atoms. The van der Waals surface area contributed by atoms with E-state index < -0.39 is 0 Å². The van der Waals surface area contributed by atoms with Crippen LogP contribution in [0.2, 0.25) is 0 Å². The summed E-state index contributed by atoms with van der Waals surface area (Å²) in [5.74, 6) is 0.848. The average molecular weight is 207 g/mol. The molecule has 1 atom stereocenters. The maximum absolute atomic E-state index is 5.17. The topological polar surface area (TPSA) is 21.7 Å². The second kappa shape index (κ2) is 4.64. The monoisotopic (exact) mass is 207 g/mol. The van der Waals surface area contributed by atoms with Crippen LogP contribution in [0.4, 0.5) is 0 Å². The van der Waals surface area contributed by atoms with E-state index in [1.807, 2.05) is 18.2 Å². The number of rotatable bonds is 3. The van der Waals surface area contributed by atoms with Gasteiger partial charge >= 0.3 is 0 Å². The highest BCUT2D eigenvalue weighted by atomic mass is 17.2. The van der Waals surface area contributed by atoms with Crippen molar-refractivity contribution in [1.82, 2.24) is 4.90 Å². The highest BCUT2D eigenvalue weighted by Gasteiger charge is 2.26. The first kappa shape index (κ1) is 10.5. The van der Waals surface area contributed by atoms with Gasteiger partial charge in [-0.05, 0) is 19.2 Å². The van der Waals surface area contributed by atoms with Gasteiger partial charge in [0.25, 0.3) is 0 Å². The molecule has 1 aliphatic heterocycles. The molecule has 1 heterocycles. The van der Waals surface area contributed by atoms with Gasteiger partial charge in [-0.25, -0.2) is 0 Å². The lowest BCUT2D eigenvalue weighted by Crippen LogP contribution is -2.34. The average Bonchev–Trinajstić information content (AvgIpc) is 2.31. The molecular formula is C12H17NO2. The number of fused-ring (bicyclic) bond motifs is 1. The highest BCUT2D eigenvalue weighted by Crippen LogP contribution is 2.33. The van der Waals surface area contributed by atoms with Gasteiger partial charge in [0.1, 0.15) is 6.61 Å². The van der Waals surface area contributed by atoms with Crippen LogP contribution < -0.4 is 4.89 Å². The van der Waals surface area contributed by atoms with E-state index in [1.54, 1.807) is 0 Å². The zero-order valence-electron chi connectivity index (χ0n) is 9.27. The largest absolute Gasteiger partial charge is 0.337 e. The summed E-state index contributed by atoms with van der Waals surface area (Å²) in [7, 11) is 0. The Morgan fingerprint density at radius 2 is 2.00 bits per heavy atom. The van der Waals surface area contributed by atoms with Gasteiger partial charge in [0.2, 0.25) is 0 Å². The van der Waals surface area contributed by atoms with E-state index >= 15 is 0 Å². The van der Waals surface area contributed by atoms with Gasteiger partial charge in [0.15, 0.2) is 5.75 Å². The number of likely N-dealkylation sites (N-methyl/N-ethyl adjacent to an activating group) is 1. The van der Waals surface area contributed by atoms with E-state index in [-0.39, 0.29) is 0 Å². The maximum atomic E-state index is 5.17. The third-order valence-corrected chi connectivity index (χ3v) is 2.91. The molecule has 3 heteroatoms. The predicted octanol–water partition coefficient (Wildman–Crippen LogP) is 2.39. The second-order valence-electron chi connectivity index (χ2n) is 3.64. The highest BCUT2D eigenvalue weighted by molar-refractivity contribution is 5.36. The van der Waals surface area contributed by atoms with E-state index in [4.69, 9.17) is 9.78 Å². The van der Waals surface area contributed by atoms with Crippen LogP contribution in [0.1, 0.15) is 25.5 Å². The van der Waals surface area contributed by atoms with Crippen LogP contribution in [-0.2, 0) is 4.89 Å². The first-order valence-corrected chi connectivity index (χ1v) is 5.49. The molecule has 0 fully saturated rings. The third kappa shape index (κ3) is 1.98. The molecule has 1 aromatic carbocycles. The maximum Gasteiger partial charge on any atom is 0.170 e.